The van der Waals surface area contributed by atoms with Crippen molar-refractivity contribution in [2.75, 3.05) is 6.61 Å². The molecular weight excluding hydrogens is 191 g/mol. The van der Waals surface area contributed by atoms with Crippen LogP contribution in [0.4, 0.5) is 4.39 Å². The van der Waals surface area contributed by atoms with Crippen LogP contribution in [-0.4, -0.2) is 22.8 Å². The van der Waals surface area contributed by atoms with E-state index in [9.17, 15) is 14.3 Å². The maximum Gasteiger partial charge on any atom is 0.339 e. The highest BCUT2D eigenvalue weighted by Crippen LogP contribution is 2.31. The van der Waals surface area contributed by atoms with Gasteiger partial charge in [-0.3, -0.25) is 0 Å². The molecule has 1 aromatic carbocycles. The van der Waals surface area contributed by atoms with Crippen molar-refractivity contribution >= 4 is 5.97 Å². The van der Waals surface area contributed by atoms with Gasteiger partial charge in [0.1, 0.15) is 11.4 Å². The van der Waals surface area contributed by atoms with E-state index in [4.69, 9.17) is 9.84 Å². The Balaban J connectivity index is 3.28. The number of carbonyl (C=O) groups is 1. The summed E-state index contributed by atoms with van der Waals surface area (Å²) in [5.41, 5.74) is -0.385. The molecule has 0 aliphatic rings. The van der Waals surface area contributed by atoms with E-state index in [1.165, 1.54) is 0 Å². The van der Waals surface area contributed by atoms with Crippen LogP contribution in [0.25, 0.3) is 0 Å². The summed E-state index contributed by atoms with van der Waals surface area (Å²) in [5, 5.41) is 17.9. The Kier molecular flexibility index (Phi) is 2.91. The Hall–Kier alpha value is -1.78. The van der Waals surface area contributed by atoms with Gasteiger partial charge in [-0.25, -0.2) is 9.18 Å². The molecule has 0 aromatic heterocycles. The van der Waals surface area contributed by atoms with Crippen LogP contribution in [0.1, 0.15) is 17.3 Å². The van der Waals surface area contributed by atoms with Gasteiger partial charge in [-0.15, -0.1) is 0 Å². The summed E-state index contributed by atoms with van der Waals surface area (Å²) in [6.45, 7) is 1.83. The Bertz CT molecular complexity index is 362. The summed E-state index contributed by atoms with van der Waals surface area (Å²) in [5.74, 6) is -2.88. The normalized spacial score (nSPS) is 9.86. The van der Waals surface area contributed by atoms with Crippen LogP contribution in [-0.2, 0) is 0 Å². The van der Waals surface area contributed by atoms with Crippen molar-refractivity contribution in [2.24, 2.45) is 0 Å². The summed E-state index contributed by atoms with van der Waals surface area (Å²) < 4.78 is 17.6. The number of aromatic carboxylic acids is 1. The first-order valence-electron chi connectivity index (χ1n) is 3.94. The molecule has 0 amide bonds. The Morgan fingerprint density at radius 3 is 2.71 bits per heavy atom. The molecule has 14 heavy (non-hydrogen) atoms. The van der Waals surface area contributed by atoms with Gasteiger partial charge >= 0.3 is 5.97 Å². The van der Waals surface area contributed by atoms with E-state index < -0.39 is 17.5 Å². The summed E-state index contributed by atoms with van der Waals surface area (Å²) in [6, 6.07) is 1.60. The minimum atomic E-state index is -1.34. The fraction of sp³-hybridized carbons (Fsp3) is 0.222. The van der Waals surface area contributed by atoms with E-state index in [1.807, 2.05) is 0 Å². The lowest BCUT2D eigenvalue weighted by Gasteiger charge is -2.08. The lowest BCUT2D eigenvalue weighted by atomic mass is 10.2. The Morgan fingerprint density at radius 2 is 2.21 bits per heavy atom. The first kappa shape index (κ1) is 10.3. The van der Waals surface area contributed by atoms with Crippen molar-refractivity contribution in [3.63, 3.8) is 0 Å². The number of phenols is 1. The van der Waals surface area contributed by atoms with Crippen molar-refractivity contribution in [3.05, 3.63) is 23.5 Å². The summed E-state index contributed by atoms with van der Waals surface area (Å²) in [4.78, 5) is 10.6. The summed E-state index contributed by atoms with van der Waals surface area (Å²) >= 11 is 0. The van der Waals surface area contributed by atoms with E-state index in [1.54, 1.807) is 6.92 Å². The number of rotatable bonds is 3. The molecule has 76 valence electrons. The molecule has 2 N–H and O–H groups in total. The topological polar surface area (TPSA) is 66.8 Å². The van der Waals surface area contributed by atoms with E-state index in [2.05, 4.69) is 0 Å². The quantitative estimate of drug-likeness (QED) is 0.778. The van der Waals surface area contributed by atoms with Gasteiger partial charge in [-0.1, -0.05) is 0 Å². The number of hydrogen-bond acceptors (Lipinski definition) is 3. The zero-order valence-electron chi connectivity index (χ0n) is 7.45. The van der Waals surface area contributed by atoms with Crippen LogP contribution in [0.3, 0.4) is 0 Å². The molecule has 0 unspecified atom stereocenters. The fourth-order valence-corrected chi connectivity index (χ4v) is 1.03. The standard InChI is InChI=1S/C9H9FO4/c1-2-14-8-6(9(12)13)3-5(10)4-7(8)11/h3-4,11H,2H2,1H3,(H,12,13). The Morgan fingerprint density at radius 1 is 1.57 bits per heavy atom. The van der Waals surface area contributed by atoms with Gasteiger partial charge < -0.3 is 14.9 Å². The fourth-order valence-electron chi connectivity index (χ4n) is 1.03. The average Bonchev–Trinajstić information content (AvgIpc) is 2.09. The van der Waals surface area contributed by atoms with Gasteiger partial charge in [-0.05, 0) is 13.0 Å². The van der Waals surface area contributed by atoms with Gasteiger partial charge in [0, 0.05) is 6.07 Å². The van der Waals surface area contributed by atoms with Gasteiger partial charge in [0.2, 0.25) is 0 Å². The van der Waals surface area contributed by atoms with Crippen LogP contribution in [0.2, 0.25) is 0 Å². The van der Waals surface area contributed by atoms with Gasteiger partial charge in [0.25, 0.3) is 0 Å². The van der Waals surface area contributed by atoms with Crippen LogP contribution < -0.4 is 4.74 Å². The third kappa shape index (κ3) is 1.93. The molecule has 0 bridgehead atoms. The highest BCUT2D eigenvalue weighted by molar-refractivity contribution is 5.92. The monoisotopic (exact) mass is 200 g/mol. The molecule has 0 atom stereocenters. The second-order valence-corrected chi connectivity index (χ2v) is 2.54. The van der Waals surface area contributed by atoms with E-state index in [0.717, 1.165) is 12.1 Å². The molecule has 4 nitrogen and oxygen atoms in total. The van der Waals surface area contributed by atoms with Gasteiger partial charge in [0.05, 0.1) is 6.61 Å². The second-order valence-electron chi connectivity index (χ2n) is 2.54. The molecular formula is C9H9FO4. The predicted molar refractivity (Wildman–Crippen MR) is 46.2 cm³/mol. The third-order valence-electron chi connectivity index (χ3n) is 1.55. The molecule has 0 aliphatic carbocycles. The lowest BCUT2D eigenvalue weighted by Crippen LogP contribution is -2.03. The minimum absolute atomic E-state index is 0.194. The van der Waals surface area contributed by atoms with Crippen molar-refractivity contribution in [1.82, 2.24) is 0 Å². The zero-order valence-corrected chi connectivity index (χ0v) is 7.45. The maximum absolute atomic E-state index is 12.7. The van der Waals surface area contributed by atoms with Crippen LogP contribution in [0.5, 0.6) is 11.5 Å². The minimum Gasteiger partial charge on any atom is -0.504 e. The third-order valence-corrected chi connectivity index (χ3v) is 1.55. The molecule has 0 saturated carbocycles. The largest absolute Gasteiger partial charge is 0.504 e. The molecule has 5 heteroatoms. The maximum atomic E-state index is 12.7. The first-order valence-corrected chi connectivity index (χ1v) is 3.94. The number of ether oxygens (including phenoxy) is 1. The highest BCUT2D eigenvalue weighted by atomic mass is 19.1. The number of hydrogen-bond donors (Lipinski definition) is 2. The number of phenolic OH excluding ortho intramolecular Hbond substituents is 1. The number of aromatic hydroxyl groups is 1. The van der Waals surface area contributed by atoms with E-state index in [-0.39, 0.29) is 17.9 Å². The smallest absolute Gasteiger partial charge is 0.339 e. The van der Waals surface area contributed by atoms with Crippen LogP contribution in [0.15, 0.2) is 12.1 Å². The summed E-state index contributed by atoms with van der Waals surface area (Å²) in [6.07, 6.45) is 0. The Labute approximate surface area is 79.6 Å². The van der Waals surface area contributed by atoms with Crippen molar-refractivity contribution < 1.29 is 24.1 Å². The molecule has 0 spiro atoms. The SMILES string of the molecule is CCOc1c(O)cc(F)cc1C(=O)O. The number of carboxylic acid groups (broad SMARTS) is 1. The molecule has 0 radical (unpaired) electrons. The molecule has 0 fully saturated rings. The van der Waals surface area contributed by atoms with Gasteiger partial charge in [0.15, 0.2) is 11.5 Å². The highest BCUT2D eigenvalue weighted by Gasteiger charge is 2.17. The molecule has 1 rings (SSSR count). The first-order chi connectivity index (χ1) is 6.56. The average molecular weight is 200 g/mol. The molecule has 0 heterocycles. The number of carboxylic acids is 1. The van der Waals surface area contributed by atoms with E-state index >= 15 is 0 Å². The van der Waals surface area contributed by atoms with Gasteiger partial charge in [-0.2, -0.15) is 0 Å². The summed E-state index contributed by atoms with van der Waals surface area (Å²) in [7, 11) is 0. The number of benzene rings is 1. The zero-order chi connectivity index (χ0) is 10.7. The van der Waals surface area contributed by atoms with Crippen molar-refractivity contribution in [2.45, 2.75) is 6.92 Å². The molecule has 0 aliphatic heterocycles. The second kappa shape index (κ2) is 3.95. The number of halogens is 1. The lowest BCUT2D eigenvalue weighted by molar-refractivity contribution is 0.0691. The molecule has 1 aromatic rings. The van der Waals surface area contributed by atoms with Crippen molar-refractivity contribution in [1.29, 1.82) is 0 Å². The van der Waals surface area contributed by atoms with Crippen molar-refractivity contribution in [3.8, 4) is 11.5 Å². The van der Waals surface area contributed by atoms with Crippen LogP contribution >= 0.6 is 0 Å². The van der Waals surface area contributed by atoms with Crippen LogP contribution in [0, 0.1) is 5.82 Å². The predicted octanol–water partition coefficient (Wildman–Crippen LogP) is 1.63. The molecule has 0 saturated heterocycles. The van der Waals surface area contributed by atoms with E-state index in [0.29, 0.717) is 0 Å².